The molecule has 0 aliphatic carbocycles. The molecule has 0 aliphatic heterocycles. The van der Waals surface area contributed by atoms with E-state index >= 15 is 0 Å². The third-order valence-corrected chi connectivity index (χ3v) is 1.38. The molecule has 0 saturated heterocycles. The van der Waals surface area contributed by atoms with Crippen LogP contribution in [0.25, 0.3) is 0 Å². The molecule has 2 heteroatoms. The lowest BCUT2D eigenvalue weighted by molar-refractivity contribution is 1.48. The van der Waals surface area contributed by atoms with Crippen molar-refractivity contribution in [2.45, 2.75) is 4.90 Å². The van der Waals surface area contributed by atoms with Crippen molar-refractivity contribution in [3.8, 4) is 0 Å². The van der Waals surface area contributed by atoms with Crippen molar-refractivity contribution < 1.29 is 6.85 Å². The molecule has 8 heavy (non-hydrogen) atoms. The summed E-state index contributed by atoms with van der Waals surface area (Å²) in [5.41, 5.74) is 0. The molecule has 1 aromatic rings. The van der Waals surface area contributed by atoms with E-state index < -0.39 is 6.04 Å². The third-order valence-electron chi connectivity index (χ3n) is 0.554. The van der Waals surface area contributed by atoms with Gasteiger partial charge < -0.3 is 0 Å². The van der Waals surface area contributed by atoms with Crippen LogP contribution < -0.4 is 0 Å². The second-order valence-corrected chi connectivity index (χ2v) is 2.06. The maximum Gasteiger partial charge on any atom is 0.0635 e. The molecule has 1 aromatic carbocycles. The van der Waals surface area contributed by atoms with Crippen LogP contribution in [0, 0.1) is 0 Å². The van der Waals surface area contributed by atoms with Crippen molar-refractivity contribution in [2.24, 2.45) is 0 Å². The summed E-state index contributed by atoms with van der Waals surface area (Å²) in [4.78, 5) is 0.0627. The lowest BCUT2D eigenvalue weighted by Crippen LogP contribution is -1.59. The first-order chi connectivity index (χ1) is 6.00. The Bertz CT molecular complexity index is 324. The van der Waals surface area contributed by atoms with E-state index in [0.29, 0.717) is 11.0 Å². The monoisotopic (exact) mass is 149 g/mol. The molecule has 0 radical (unpaired) electrons. The molecular weight excluding hydrogens is 140 g/mol. The lowest BCUT2D eigenvalue weighted by Gasteiger charge is -1.86. The van der Waals surface area contributed by atoms with Gasteiger partial charge in [0.2, 0.25) is 0 Å². The molecule has 42 valence electrons. The zero-order valence-electron chi connectivity index (χ0n) is 8.79. The summed E-state index contributed by atoms with van der Waals surface area (Å²) in [6.07, 6.45) is 0. The summed E-state index contributed by atoms with van der Waals surface area (Å²) in [6, 6.07) is -1.63. The second-order valence-electron chi connectivity index (χ2n) is 1.03. The fourth-order valence-electron chi connectivity index (χ4n) is 0.277. The lowest BCUT2D eigenvalue weighted by atomic mass is 10.4. The Morgan fingerprint density at radius 3 is 2.50 bits per heavy atom. The normalized spacial score (nSPS) is 17.9. The van der Waals surface area contributed by atoms with Crippen LogP contribution in [0.5, 0.6) is 0 Å². The van der Waals surface area contributed by atoms with E-state index in [1.165, 1.54) is 0 Å². The van der Waals surface area contributed by atoms with Crippen LogP contribution in [0.3, 0.4) is 0 Å². The van der Waals surface area contributed by atoms with Crippen molar-refractivity contribution in [1.29, 1.82) is 0 Å². The van der Waals surface area contributed by atoms with Gasteiger partial charge in [0, 0.05) is 4.90 Å². The van der Waals surface area contributed by atoms with Gasteiger partial charge in [-0.2, -0.15) is 0 Å². The molecule has 0 nitrogen and oxygen atoms in total. The van der Waals surface area contributed by atoms with Gasteiger partial charge >= 0.3 is 0 Å². The first-order valence-corrected chi connectivity index (χ1v) is 3.50. The minimum atomic E-state index is -0.399. The summed E-state index contributed by atoms with van der Waals surface area (Å²) < 4.78 is 36.5. The summed E-state index contributed by atoms with van der Waals surface area (Å²) in [5, 5.41) is 0. The summed E-state index contributed by atoms with van der Waals surface area (Å²) in [5.74, 6) is 0. The van der Waals surface area contributed by atoms with E-state index in [1.54, 1.807) is 0 Å². The molecule has 0 aromatic heterocycles. The summed E-state index contributed by atoms with van der Waals surface area (Å²) in [7, 11) is 6.02. The van der Waals surface area contributed by atoms with Crippen LogP contribution in [-0.4, -0.2) is 0 Å². The Kier molecular flexibility index (Phi) is 0.839. The summed E-state index contributed by atoms with van der Waals surface area (Å²) >= 11 is 0. The van der Waals surface area contributed by atoms with Crippen molar-refractivity contribution in [2.75, 3.05) is 0 Å². The first-order valence-electron chi connectivity index (χ1n) is 4.36. The van der Waals surface area contributed by atoms with E-state index in [-0.39, 0.29) is 29.1 Å². The number of hydrogen-bond acceptors (Lipinski definition) is 1. The van der Waals surface area contributed by atoms with Gasteiger partial charge in [-0.3, -0.25) is 0 Å². The summed E-state index contributed by atoms with van der Waals surface area (Å²) in [6.45, 7) is 0. The highest BCUT2D eigenvalue weighted by atomic mass is 35.7. The van der Waals surface area contributed by atoms with Crippen molar-refractivity contribution in [3.05, 3.63) is 30.2 Å². The van der Waals surface area contributed by atoms with E-state index in [9.17, 15) is 0 Å². The third kappa shape index (κ3) is 1.42. The predicted molar refractivity (Wildman–Crippen MR) is 38.2 cm³/mol. The Balaban J connectivity index is 3.56. The van der Waals surface area contributed by atoms with Gasteiger partial charge in [0.15, 0.2) is 0 Å². The van der Waals surface area contributed by atoms with Crippen molar-refractivity contribution >= 4 is 21.7 Å². The quantitative estimate of drug-likeness (QED) is 0.592. The Labute approximate surface area is 64.4 Å². The molecule has 0 N–H and O–H groups in total. The van der Waals surface area contributed by atoms with Crippen LogP contribution in [0.4, 0.5) is 0 Å². The minimum absolute atomic E-state index is 0.0627. The van der Waals surface area contributed by atoms with Crippen LogP contribution >= 0.6 is 21.7 Å². The SMILES string of the molecule is [2H]c1c([2H])c([2H])c(SCl)c([2H])c1[2H]. The highest BCUT2D eigenvalue weighted by Gasteiger charge is 1.82. The largest absolute Gasteiger partial charge is 0.0635 e. The van der Waals surface area contributed by atoms with E-state index in [4.69, 9.17) is 17.5 Å². The van der Waals surface area contributed by atoms with Gasteiger partial charge in [-0.25, -0.2) is 0 Å². The van der Waals surface area contributed by atoms with Crippen LogP contribution in [0.1, 0.15) is 6.85 Å². The smallest absolute Gasteiger partial charge is 0.0622 e. The number of rotatable bonds is 1. The van der Waals surface area contributed by atoms with E-state index in [1.807, 2.05) is 0 Å². The standard InChI is InChI=1S/C6H5ClS/c7-8-6-4-2-1-3-5-6/h1-5H/i1D,2D,3D,4D,5D. The molecule has 0 amide bonds. The van der Waals surface area contributed by atoms with E-state index in [2.05, 4.69) is 0 Å². The molecule has 0 heterocycles. The number of benzene rings is 1. The molecule has 0 unspecified atom stereocenters. The number of halogens is 1. The van der Waals surface area contributed by atoms with Crippen molar-refractivity contribution in [3.63, 3.8) is 0 Å². The Morgan fingerprint density at radius 1 is 1.38 bits per heavy atom. The first kappa shape index (κ1) is 2.24. The van der Waals surface area contributed by atoms with Gasteiger partial charge in [0.25, 0.3) is 0 Å². The maximum atomic E-state index is 7.36. The number of hydrogen-bond donors (Lipinski definition) is 0. The molecular formula is C6H5ClS. The fourth-order valence-corrected chi connectivity index (χ4v) is 0.688. The zero-order chi connectivity index (χ0) is 10.2. The Morgan fingerprint density at radius 2 is 2.00 bits per heavy atom. The average molecular weight is 150 g/mol. The van der Waals surface area contributed by atoms with Gasteiger partial charge in [-0.15, -0.1) is 0 Å². The Hall–Kier alpha value is -0.140. The van der Waals surface area contributed by atoms with Crippen LogP contribution in [0.15, 0.2) is 35.1 Å². The van der Waals surface area contributed by atoms with Gasteiger partial charge in [0.05, 0.1) is 6.85 Å². The van der Waals surface area contributed by atoms with Crippen molar-refractivity contribution in [1.82, 2.24) is 0 Å². The maximum absolute atomic E-state index is 7.36. The molecule has 0 aliphatic rings. The predicted octanol–water partition coefficient (Wildman–Crippen LogP) is 2.93. The second kappa shape index (κ2) is 3.00. The minimum Gasteiger partial charge on any atom is -0.0622 e. The van der Waals surface area contributed by atoms with Crippen LogP contribution in [0.2, 0.25) is 0 Å². The molecule has 0 atom stereocenters. The average Bonchev–Trinajstić information content (AvgIpc) is 2.13. The zero-order valence-corrected chi connectivity index (χ0v) is 5.36. The molecule has 0 spiro atoms. The molecule has 0 fully saturated rings. The van der Waals surface area contributed by atoms with E-state index in [0.717, 1.165) is 0 Å². The fraction of sp³-hybridized carbons (Fsp3) is 0. The highest BCUT2D eigenvalue weighted by molar-refractivity contribution is 8.21. The van der Waals surface area contributed by atoms with Gasteiger partial charge in [0.1, 0.15) is 0 Å². The van der Waals surface area contributed by atoms with Crippen LogP contribution in [-0.2, 0) is 0 Å². The molecule has 0 saturated carbocycles. The molecule has 1 rings (SSSR count). The topological polar surface area (TPSA) is 0 Å². The highest BCUT2D eigenvalue weighted by Crippen LogP contribution is 2.19. The molecule has 0 bridgehead atoms. The van der Waals surface area contributed by atoms with Gasteiger partial charge in [-0.1, -0.05) is 18.1 Å². The van der Waals surface area contributed by atoms with Gasteiger partial charge in [-0.05, 0) is 33.7 Å².